The molecule has 0 saturated carbocycles. The Kier molecular flexibility index (Phi) is 14.1. The van der Waals surface area contributed by atoms with E-state index in [0.29, 0.717) is 28.0 Å². The van der Waals surface area contributed by atoms with Crippen molar-refractivity contribution in [2.75, 3.05) is 13.2 Å². The number of hydrogen-bond donors (Lipinski definition) is 0. The monoisotopic (exact) mass is 952 g/mol. The molecule has 0 unspecified atom stereocenters. The average molecular weight is 953 g/mol. The van der Waals surface area contributed by atoms with Crippen LogP contribution in [-0.4, -0.2) is 54.9 Å². The molecule has 0 saturated heterocycles. The summed E-state index contributed by atoms with van der Waals surface area (Å²) in [7, 11) is -2.73. The number of aromatic nitrogens is 1. The normalized spacial score (nSPS) is 14.8. The zero-order valence-electron chi connectivity index (χ0n) is 40.1. The van der Waals surface area contributed by atoms with E-state index in [0.717, 1.165) is 49.0 Å². The fourth-order valence-electron chi connectivity index (χ4n) is 7.80. The smallest absolute Gasteiger partial charge is 0.385 e. The molecule has 1 aliphatic heterocycles. The Morgan fingerprint density at radius 1 is 0.529 bits per heavy atom. The summed E-state index contributed by atoms with van der Waals surface area (Å²) in [6.07, 6.45) is -9.03. The Labute approximate surface area is 392 Å². The van der Waals surface area contributed by atoms with Crippen molar-refractivity contribution in [3.05, 3.63) is 152 Å². The van der Waals surface area contributed by atoms with Gasteiger partial charge in [-0.2, -0.15) is 43.9 Å². The second kappa shape index (κ2) is 18.5. The highest BCUT2D eigenvalue weighted by atomic mass is 19.4. The van der Waals surface area contributed by atoms with Gasteiger partial charge < -0.3 is 13.8 Å². The van der Waals surface area contributed by atoms with Crippen molar-refractivity contribution in [2.24, 2.45) is 4.99 Å². The number of aliphatic imine (C=N–C) groups is 1. The minimum absolute atomic E-state index is 0.0219. The van der Waals surface area contributed by atoms with E-state index in [-0.39, 0.29) is 39.0 Å². The molecule has 0 atom stereocenters. The van der Waals surface area contributed by atoms with Gasteiger partial charge in [0, 0.05) is 28.1 Å². The molecule has 2 heterocycles. The minimum Gasteiger partial charge on any atom is -0.385 e. The van der Waals surface area contributed by atoms with Crippen LogP contribution in [0.25, 0.3) is 34.0 Å². The van der Waals surface area contributed by atoms with Crippen LogP contribution >= 0.6 is 0 Å². The second-order valence-corrected chi connectivity index (χ2v) is 19.7. The van der Waals surface area contributed by atoms with Crippen LogP contribution in [0, 0.1) is 41.5 Å². The van der Waals surface area contributed by atoms with Gasteiger partial charge in [-0.3, -0.25) is 0 Å². The first-order valence-electron chi connectivity index (χ1n) is 22.0. The highest BCUT2D eigenvalue weighted by Crippen LogP contribution is 2.43. The summed E-state index contributed by atoms with van der Waals surface area (Å²) in [5.74, 6) is -11.2. The summed E-state index contributed by atoms with van der Waals surface area (Å²) in [5.41, 5.74) is 10.5. The largest absolute Gasteiger partial charge is 0.598 e. The Morgan fingerprint density at radius 3 is 1.32 bits per heavy atom. The van der Waals surface area contributed by atoms with Crippen molar-refractivity contribution in [3.8, 4) is 22.4 Å². The third-order valence-electron chi connectivity index (χ3n) is 12.6. The first-order chi connectivity index (χ1) is 31.2. The number of benzene rings is 4. The van der Waals surface area contributed by atoms with Gasteiger partial charge in [0.25, 0.3) is 0 Å². The first-order valence-corrected chi connectivity index (χ1v) is 22.0. The standard InChI is InChI=1S/C53H55BF10N2O2/c1-30-21-38(22-31(2)34(30)5)42-25-44(36-13-17-40(18-14-36)48(7,8)9)65-45(42)27-47-43(39-23-32(3)35(6)33(4)24-39)26-46(37-15-19-41(20-16-37)49(10,11)12)66(47)54(67-28-50(55,56)52(59,60)61)68-29-51(57,58)53(62,63)64/h13-27H,28-29H2,1-12H3/b45-27-. The molecule has 1 aliphatic rings. The number of aryl methyl sites for hydroxylation is 4. The molecule has 362 valence electrons. The number of halogens is 10. The van der Waals surface area contributed by atoms with Crippen molar-refractivity contribution in [1.82, 2.24) is 4.48 Å². The molecule has 68 heavy (non-hydrogen) atoms. The van der Waals surface area contributed by atoms with Crippen LogP contribution in [0.2, 0.25) is 0 Å². The van der Waals surface area contributed by atoms with E-state index >= 15 is 0 Å². The van der Waals surface area contributed by atoms with Crippen molar-refractivity contribution >= 4 is 24.6 Å². The lowest BCUT2D eigenvalue weighted by Gasteiger charge is -2.26. The number of nitrogens with zero attached hydrogens (tertiary/aromatic N) is 2. The Morgan fingerprint density at radius 2 is 0.926 bits per heavy atom. The Hall–Kier alpha value is -5.41. The molecule has 6 rings (SSSR count). The SMILES string of the molecule is Cc1cc(C2=CC(c3ccc(C(C)(C)C)cc3)=N/C2=C\c2c(-c3cc(C)c(C)c(C)c3)cc(-c3ccc(C(C)(C)C)cc3)n2B(OCC(F)(F)C(F)(F)F)OCC(F)(F)C(F)(F)F)cc(C)c1C. The molecule has 0 radical (unpaired) electrons. The molecule has 0 aliphatic carbocycles. The zero-order valence-corrected chi connectivity index (χ0v) is 40.1. The number of alkyl halides is 10. The summed E-state index contributed by atoms with van der Waals surface area (Å²) in [6, 6.07) is 23.6. The van der Waals surface area contributed by atoms with Gasteiger partial charge in [-0.15, -0.1) is 0 Å². The lowest BCUT2D eigenvalue weighted by Crippen LogP contribution is -2.48. The molecule has 5 aromatic rings. The molecular weight excluding hydrogens is 897 g/mol. The van der Waals surface area contributed by atoms with Gasteiger partial charge in [0.05, 0.1) is 11.4 Å². The quantitative estimate of drug-likeness (QED) is 0.0923. The molecule has 0 bridgehead atoms. The molecule has 4 nitrogen and oxygen atoms in total. The highest BCUT2D eigenvalue weighted by Gasteiger charge is 2.60. The Bertz CT molecular complexity index is 2710. The maximum Gasteiger partial charge on any atom is 0.598 e. The van der Waals surface area contributed by atoms with Crippen LogP contribution in [-0.2, 0) is 20.1 Å². The first kappa shape index (κ1) is 52.0. The maximum atomic E-state index is 14.8. The zero-order chi connectivity index (χ0) is 50.7. The van der Waals surface area contributed by atoms with Crippen LogP contribution in [0.1, 0.15) is 103 Å². The van der Waals surface area contributed by atoms with E-state index in [4.69, 9.17) is 14.3 Å². The van der Waals surface area contributed by atoms with Crippen LogP contribution in [0.15, 0.2) is 95.6 Å². The molecule has 0 spiro atoms. The number of rotatable bonds is 12. The molecule has 1 aromatic heterocycles. The van der Waals surface area contributed by atoms with Gasteiger partial charge >= 0.3 is 31.5 Å². The third kappa shape index (κ3) is 10.9. The van der Waals surface area contributed by atoms with E-state index in [1.165, 1.54) is 6.08 Å². The van der Waals surface area contributed by atoms with E-state index in [2.05, 4.69) is 20.8 Å². The van der Waals surface area contributed by atoms with Crippen molar-refractivity contribution in [2.45, 2.75) is 118 Å². The summed E-state index contributed by atoms with van der Waals surface area (Å²) in [5, 5.41) is 0. The van der Waals surface area contributed by atoms with Gasteiger partial charge in [-0.1, -0.05) is 114 Å². The van der Waals surface area contributed by atoms with Crippen LogP contribution in [0.4, 0.5) is 43.9 Å². The average Bonchev–Trinajstić information content (AvgIpc) is 3.82. The van der Waals surface area contributed by atoms with Gasteiger partial charge in [0.15, 0.2) is 0 Å². The fraction of sp³-hybridized carbons (Fsp3) is 0.377. The fourth-order valence-corrected chi connectivity index (χ4v) is 7.80. The lowest BCUT2D eigenvalue weighted by molar-refractivity contribution is -0.295. The molecule has 15 heteroatoms. The van der Waals surface area contributed by atoms with E-state index in [1.807, 2.05) is 117 Å². The predicted octanol–water partition coefficient (Wildman–Crippen LogP) is 15.5. The van der Waals surface area contributed by atoms with Crippen LogP contribution in [0.5, 0.6) is 0 Å². The molecular formula is C53H55BF10N2O2. The van der Waals surface area contributed by atoms with Crippen LogP contribution in [0.3, 0.4) is 0 Å². The van der Waals surface area contributed by atoms with Gasteiger partial charge in [0.2, 0.25) is 0 Å². The molecule has 0 amide bonds. The van der Waals surface area contributed by atoms with Crippen molar-refractivity contribution < 1.29 is 53.2 Å². The summed E-state index contributed by atoms with van der Waals surface area (Å²) < 4.78 is 153. The van der Waals surface area contributed by atoms with E-state index < -0.39 is 44.7 Å². The topological polar surface area (TPSA) is 35.8 Å². The number of hydrogen-bond acceptors (Lipinski definition) is 3. The van der Waals surface area contributed by atoms with Gasteiger partial charge in [-0.25, -0.2) is 4.99 Å². The third-order valence-corrected chi connectivity index (χ3v) is 12.6. The Balaban J connectivity index is 1.75. The summed E-state index contributed by atoms with van der Waals surface area (Å²) in [6.45, 7) is 18.5. The predicted molar refractivity (Wildman–Crippen MR) is 252 cm³/mol. The highest BCUT2D eigenvalue weighted by molar-refractivity contribution is 6.44. The van der Waals surface area contributed by atoms with Crippen LogP contribution < -0.4 is 0 Å². The molecule has 4 aromatic carbocycles. The summed E-state index contributed by atoms with van der Waals surface area (Å²) >= 11 is 0. The molecule has 0 N–H and O–H groups in total. The van der Waals surface area contributed by atoms with Gasteiger partial charge in [-0.05, 0) is 132 Å². The second-order valence-electron chi connectivity index (χ2n) is 19.7. The number of allylic oxidation sites excluding steroid dienone is 2. The van der Waals surface area contributed by atoms with Gasteiger partial charge in [0.1, 0.15) is 13.2 Å². The van der Waals surface area contributed by atoms with E-state index in [1.54, 1.807) is 30.3 Å². The van der Waals surface area contributed by atoms with Crippen molar-refractivity contribution in [3.63, 3.8) is 0 Å². The summed E-state index contributed by atoms with van der Waals surface area (Å²) in [4.78, 5) is 5.08. The minimum atomic E-state index is -6.19. The lowest BCUT2D eigenvalue weighted by atomic mass is 9.86. The van der Waals surface area contributed by atoms with E-state index in [9.17, 15) is 43.9 Å². The molecule has 0 fully saturated rings. The van der Waals surface area contributed by atoms with Crippen molar-refractivity contribution in [1.29, 1.82) is 0 Å². The maximum absolute atomic E-state index is 14.8.